The molecule has 0 aliphatic heterocycles. The summed E-state index contributed by atoms with van der Waals surface area (Å²) in [5, 5.41) is 7.26. The summed E-state index contributed by atoms with van der Waals surface area (Å²) in [4.78, 5) is 12.4. The van der Waals surface area contributed by atoms with Crippen molar-refractivity contribution in [3.63, 3.8) is 0 Å². The van der Waals surface area contributed by atoms with E-state index in [9.17, 15) is 4.79 Å². The van der Waals surface area contributed by atoms with Crippen molar-refractivity contribution in [1.82, 2.24) is 15.1 Å². The molecule has 0 unspecified atom stereocenters. The molecule has 0 radical (unpaired) electrons. The molecule has 6 nitrogen and oxygen atoms in total. The van der Waals surface area contributed by atoms with E-state index in [-0.39, 0.29) is 5.91 Å². The lowest BCUT2D eigenvalue weighted by atomic mass is 10.1. The highest BCUT2D eigenvalue weighted by molar-refractivity contribution is 5.93. The summed E-state index contributed by atoms with van der Waals surface area (Å²) in [6.07, 6.45) is 0.723. The van der Waals surface area contributed by atoms with Crippen LogP contribution < -0.4 is 14.8 Å². The quantitative estimate of drug-likeness (QED) is 0.699. The monoisotopic (exact) mass is 365 g/mol. The molecule has 1 heterocycles. The third kappa shape index (κ3) is 4.47. The lowest BCUT2D eigenvalue weighted by Gasteiger charge is -2.05. The van der Waals surface area contributed by atoms with Crippen molar-refractivity contribution in [2.24, 2.45) is 7.05 Å². The van der Waals surface area contributed by atoms with E-state index in [0.29, 0.717) is 12.2 Å². The molecule has 0 fully saturated rings. The molecule has 27 heavy (non-hydrogen) atoms. The van der Waals surface area contributed by atoms with E-state index in [1.807, 2.05) is 55.6 Å². The molecule has 6 heteroatoms. The highest BCUT2D eigenvalue weighted by Crippen LogP contribution is 2.22. The Morgan fingerprint density at radius 2 is 1.78 bits per heavy atom. The van der Waals surface area contributed by atoms with Crippen LogP contribution in [0.3, 0.4) is 0 Å². The molecule has 0 saturated carbocycles. The highest BCUT2D eigenvalue weighted by atomic mass is 16.5. The van der Waals surface area contributed by atoms with Gasteiger partial charge in [-0.15, -0.1) is 0 Å². The molecule has 0 aliphatic rings. The number of amides is 1. The van der Waals surface area contributed by atoms with Gasteiger partial charge in [-0.3, -0.25) is 9.48 Å². The fourth-order valence-electron chi connectivity index (χ4n) is 2.85. The molecule has 140 valence electrons. The molecule has 3 aromatic rings. The number of aryl methyl sites for hydroxylation is 1. The Morgan fingerprint density at radius 3 is 2.48 bits per heavy atom. The van der Waals surface area contributed by atoms with Crippen LogP contribution >= 0.6 is 0 Å². The zero-order chi connectivity index (χ0) is 19.2. The standard InChI is InChI=1S/C21H23N3O3/c1-24-20(16-7-9-17(26-2)10-8-16)14-19(23-24)21(25)22-12-11-15-5-4-6-18(13-15)27-3/h4-10,13-14H,11-12H2,1-3H3,(H,22,25). The Labute approximate surface area is 158 Å². The van der Waals surface area contributed by atoms with E-state index in [1.54, 1.807) is 25.0 Å². The van der Waals surface area contributed by atoms with E-state index in [1.165, 1.54) is 0 Å². The number of nitrogens with one attached hydrogen (secondary N) is 1. The summed E-state index contributed by atoms with van der Waals surface area (Å²) in [6.45, 7) is 0.528. The summed E-state index contributed by atoms with van der Waals surface area (Å²) in [6, 6.07) is 17.3. The van der Waals surface area contributed by atoms with Crippen LogP contribution in [0.1, 0.15) is 16.1 Å². The summed E-state index contributed by atoms with van der Waals surface area (Å²) in [7, 11) is 5.10. The topological polar surface area (TPSA) is 65.4 Å². The summed E-state index contributed by atoms with van der Waals surface area (Å²) < 4.78 is 12.1. The number of carbonyl (C=O) groups excluding carboxylic acids is 1. The van der Waals surface area contributed by atoms with E-state index in [4.69, 9.17) is 9.47 Å². The number of nitrogens with zero attached hydrogens (tertiary/aromatic N) is 2. The first-order valence-electron chi connectivity index (χ1n) is 8.70. The van der Waals surface area contributed by atoms with Crippen molar-refractivity contribution in [1.29, 1.82) is 0 Å². The van der Waals surface area contributed by atoms with Crippen LogP contribution in [0.5, 0.6) is 11.5 Å². The van der Waals surface area contributed by atoms with Crippen LogP contribution in [-0.2, 0) is 13.5 Å². The maximum absolute atomic E-state index is 12.4. The van der Waals surface area contributed by atoms with Crippen LogP contribution in [0.25, 0.3) is 11.3 Å². The maximum atomic E-state index is 12.4. The van der Waals surface area contributed by atoms with Gasteiger partial charge in [-0.25, -0.2) is 0 Å². The number of rotatable bonds is 7. The van der Waals surface area contributed by atoms with Gasteiger partial charge in [-0.2, -0.15) is 5.10 Å². The van der Waals surface area contributed by atoms with Crippen molar-refractivity contribution in [2.45, 2.75) is 6.42 Å². The van der Waals surface area contributed by atoms with Gasteiger partial charge in [-0.05, 0) is 54.4 Å². The Kier molecular flexibility index (Phi) is 5.76. The summed E-state index contributed by atoms with van der Waals surface area (Å²) >= 11 is 0. The second-order valence-corrected chi connectivity index (χ2v) is 6.12. The van der Waals surface area contributed by atoms with Crippen LogP contribution in [0.4, 0.5) is 0 Å². The minimum absolute atomic E-state index is 0.187. The van der Waals surface area contributed by atoms with Crippen molar-refractivity contribution in [3.05, 3.63) is 65.9 Å². The number of methoxy groups -OCH3 is 2. The lowest BCUT2D eigenvalue weighted by molar-refractivity contribution is 0.0948. The smallest absolute Gasteiger partial charge is 0.271 e. The average Bonchev–Trinajstić information content (AvgIpc) is 3.10. The molecule has 0 atom stereocenters. The number of hydrogen-bond acceptors (Lipinski definition) is 4. The second-order valence-electron chi connectivity index (χ2n) is 6.12. The normalized spacial score (nSPS) is 10.5. The second kappa shape index (κ2) is 8.40. The molecule has 0 saturated heterocycles. The van der Waals surface area contributed by atoms with Crippen LogP contribution in [0, 0.1) is 0 Å². The first kappa shape index (κ1) is 18.5. The molecule has 3 rings (SSSR count). The van der Waals surface area contributed by atoms with Gasteiger partial charge in [0.05, 0.1) is 19.9 Å². The molecule has 1 aromatic heterocycles. The van der Waals surface area contributed by atoms with Gasteiger partial charge < -0.3 is 14.8 Å². The maximum Gasteiger partial charge on any atom is 0.271 e. The van der Waals surface area contributed by atoms with Gasteiger partial charge in [0.25, 0.3) is 5.91 Å². The highest BCUT2D eigenvalue weighted by Gasteiger charge is 2.13. The third-order valence-corrected chi connectivity index (χ3v) is 4.33. The largest absolute Gasteiger partial charge is 0.497 e. The van der Waals surface area contributed by atoms with Crippen molar-refractivity contribution < 1.29 is 14.3 Å². The molecule has 0 aliphatic carbocycles. The van der Waals surface area contributed by atoms with Crippen molar-refractivity contribution in [2.75, 3.05) is 20.8 Å². The van der Waals surface area contributed by atoms with Crippen molar-refractivity contribution >= 4 is 5.91 Å². The first-order chi connectivity index (χ1) is 13.1. The fraction of sp³-hybridized carbons (Fsp3) is 0.238. The molecule has 1 N–H and O–H groups in total. The first-order valence-corrected chi connectivity index (χ1v) is 8.70. The van der Waals surface area contributed by atoms with E-state index < -0.39 is 0 Å². The zero-order valence-electron chi connectivity index (χ0n) is 15.7. The molecule has 2 aromatic carbocycles. The van der Waals surface area contributed by atoms with Gasteiger partial charge in [0.2, 0.25) is 0 Å². The van der Waals surface area contributed by atoms with Gasteiger partial charge in [0.1, 0.15) is 11.5 Å². The summed E-state index contributed by atoms with van der Waals surface area (Å²) in [5.74, 6) is 1.41. The molecule has 0 bridgehead atoms. The summed E-state index contributed by atoms with van der Waals surface area (Å²) in [5.41, 5.74) is 3.35. The van der Waals surface area contributed by atoms with Crippen molar-refractivity contribution in [3.8, 4) is 22.8 Å². The van der Waals surface area contributed by atoms with Gasteiger partial charge in [0, 0.05) is 19.2 Å². The van der Waals surface area contributed by atoms with Crippen LogP contribution in [0.2, 0.25) is 0 Å². The molecular formula is C21H23N3O3. The molecule has 0 spiro atoms. The number of aromatic nitrogens is 2. The van der Waals surface area contributed by atoms with Gasteiger partial charge in [0.15, 0.2) is 5.69 Å². The fourth-order valence-corrected chi connectivity index (χ4v) is 2.85. The third-order valence-electron chi connectivity index (χ3n) is 4.33. The van der Waals surface area contributed by atoms with Gasteiger partial charge in [-0.1, -0.05) is 12.1 Å². The minimum Gasteiger partial charge on any atom is -0.497 e. The van der Waals surface area contributed by atoms with E-state index >= 15 is 0 Å². The Bertz CT molecular complexity index is 917. The molecular weight excluding hydrogens is 342 g/mol. The zero-order valence-corrected chi connectivity index (χ0v) is 15.7. The van der Waals surface area contributed by atoms with E-state index in [2.05, 4.69) is 10.4 Å². The number of ether oxygens (including phenoxy) is 2. The van der Waals surface area contributed by atoms with Crippen LogP contribution in [0.15, 0.2) is 54.6 Å². The molecule has 1 amide bonds. The number of hydrogen-bond donors (Lipinski definition) is 1. The average molecular weight is 365 g/mol. The Morgan fingerprint density at radius 1 is 1.04 bits per heavy atom. The van der Waals surface area contributed by atoms with Crippen LogP contribution in [-0.4, -0.2) is 36.5 Å². The van der Waals surface area contributed by atoms with Gasteiger partial charge >= 0.3 is 0 Å². The Balaban J connectivity index is 1.63. The minimum atomic E-state index is -0.187. The number of benzene rings is 2. The SMILES string of the molecule is COc1ccc(-c2cc(C(=O)NCCc3cccc(OC)c3)nn2C)cc1. The Hall–Kier alpha value is -3.28. The lowest BCUT2D eigenvalue weighted by Crippen LogP contribution is -2.26. The number of carbonyl (C=O) groups is 1. The predicted octanol–water partition coefficient (Wildman–Crippen LogP) is 3.08. The predicted molar refractivity (Wildman–Crippen MR) is 104 cm³/mol. The van der Waals surface area contributed by atoms with E-state index in [0.717, 1.165) is 34.7 Å².